The summed E-state index contributed by atoms with van der Waals surface area (Å²) < 4.78 is 17.0. The average Bonchev–Trinajstić information content (AvgIpc) is 3.16. The highest BCUT2D eigenvalue weighted by Crippen LogP contribution is 2.29. The first kappa shape index (κ1) is 20.1. The second kappa shape index (κ2) is 10.0. The summed E-state index contributed by atoms with van der Waals surface area (Å²) >= 11 is 0. The number of methoxy groups -OCH3 is 2. The fourth-order valence-electron chi connectivity index (χ4n) is 3.82. The van der Waals surface area contributed by atoms with Crippen molar-refractivity contribution in [3.05, 3.63) is 35.9 Å². The zero-order valence-corrected chi connectivity index (χ0v) is 16.1. The highest BCUT2D eigenvalue weighted by Gasteiger charge is 2.30. The molecule has 25 heavy (non-hydrogen) atoms. The molecule has 0 radical (unpaired) electrons. The van der Waals surface area contributed by atoms with E-state index in [4.69, 9.17) is 14.2 Å². The van der Waals surface area contributed by atoms with E-state index < -0.39 is 0 Å². The van der Waals surface area contributed by atoms with Crippen LogP contribution in [0.25, 0.3) is 0 Å². The minimum atomic E-state index is 0. The molecule has 0 saturated heterocycles. The van der Waals surface area contributed by atoms with Crippen LogP contribution in [-0.2, 0) is 11.2 Å². The smallest absolute Gasteiger partial charge is 0.160 e. The van der Waals surface area contributed by atoms with Gasteiger partial charge in [-0.2, -0.15) is 0 Å². The molecule has 1 saturated carbocycles. The summed E-state index contributed by atoms with van der Waals surface area (Å²) in [5.41, 5.74) is 1.22. The molecule has 2 aliphatic rings. The lowest BCUT2D eigenvalue weighted by Crippen LogP contribution is -2.45. The summed E-state index contributed by atoms with van der Waals surface area (Å²) in [6.07, 6.45) is 10.9. The molecule has 140 valence electrons. The number of hydrogen-bond donors (Lipinski definition) is 0. The van der Waals surface area contributed by atoms with E-state index in [0.717, 1.165) is 37.6 Å². The van der Waals surface area contributed by atoms with Gasteiger partial charge >= 0.3 is 0 Å². The Morgan fingerprint density at radius 3 is 2.44 bits per heavy atom. The third-order valence-corrected chi connectivity index (χ3v) is 5.15. The molecule has 1 aliphatic heterocycles. The lowest BCUT2D eigenvalue weighted by Gasteiger charge is -2.37. The molecule has 0 spiro atoms. The minimum absolute atomic E-state index is 0. The SMILES string of the molecule is COc1ccc(CCOC2CCCC[C@H]2N2CC=CC2)cc1OC.Cl. The van der Waals surface area contributed by atoms with Crippen LogP contribution in [-0.4, -0.2) is 51.0 Å². The van der Waals surface area contributed by atoms with Crippen LogP contribution in [0.2, 0.25) is 0 Å². The fraction of sp³-hybridized carbons (Fsp3) is 0.600. The summed E-state index contributed by atoms with van der Waals surface area (Å²) in [6.45, 7) is 2.93. The summed E-state index contributed by atoms with van der Waals surface area (Å²) in [7, 11) is 3.34. The maximum atomic E-state index is 6.30. The molecule has 1 aromatic carbocycles. The van der Waals surface area contributed by atoms with Gasteiger partial charge in [0.15, 0.2) is 11.5 Å². The van der Waals surface area contributed by atoms with Crippen molar-refractivity contribution in [3.63, 3.8) is 0 Å². The van der Waals surface area contributed by atoms with Gasteiger partial charge in [0.2, 0.25) is 0 Å². The molecule has 1 aromatic rings. The van der Waals surface area contributed by atoms with E-state index in [-0.39, 0.29) is 12.4 Å². The maximum absolute atomic E-state index is 6.30. The molecule has 1 aliphatic carbocycles. The first-order valence-corrected chi connectivity index (χ1v) is 9.03. The van der Waals surface area contributed by atoms with Crippen LogP contribution >= 0.6 is 12.4 Å². The molecule has 0 amide bonds. The fourth-order valence-corrected chi connectivity index (χ4v) is 3.82. The molecule has 5 heteroatoms. The number of benzene rings is 1. The van der Waals surface area contributed by atoms with Crippen molar-refractivity contribution in [2.45, 2.75) is 44.2 Å². The van der Waals surface area contributed by atoms with Crippen molar-refractivity contribution < 1.29 is 14.2 Å². The van der Waals surface area contributed by atoms with Gasteiger partial charge in [0, 0.05) is 19.1 Å². The Balaban J connectivity index is 0.00000225. The summed E-state index contributed by atoms with van der Waals surface area (Å²) in [5, 5.41) is 0. The van der Waals surface area contributed by atoms with Crippen molar-refractivity contribution >= 4 is 12.4 Å². The van der Waals surface area contributed by atoms with Crippen molar-refractivity contribution in [1.82, 2.24) is 4.90 Å². The first-order chi connectivity index (χ1) is 11.8. The van der Waals surface area contributed by atoms with E-state index in [1.807, 2.05) is 12.1 Å². The zero-order valence-electron chi connectivity index (χ0n) is 15.3. The van der Waals surface area contributed by atoms with Gasteiger partial charge in [0.05, 0.1) is 26.9 Å². The summed E-state index contributed by atoms with van der Waals surface area (Å²) in [4.78, 5) is 2.56. The number of ether oxygens (including phenoxy) is 3. The molecule has 1 fully saturated rings. The van der Waals surface area contributed by atoms with Gasteiger partial charge in [0.1, 0.15) is 0 Å². The van der Waals surface area contributed by atoms with Crippen LogP contribution in [0.15, 0.2) is 30.4 Å². The Kier molecular flexibility index (Phi) is 8.07. The molecule has 0 N–H and O–H groups in total. The normalized spacial score (nSPS) is 23.3. The topological polar surface area (TPSA) is 30.9 Å². The highest BCUT2D eigenvalue weighted by atomic mass is 35.5. The average molecular weight is 368 g/mol. The van der Waals surface area contributed by atoms with E-state index in [1.54, 1.807) is 14.2 Å². The van der Waals surface area contributed by atoms with Gasteiger partial charge in [-0.05, 0) is 37.0 Å². The monoisotopic (exact) mass is 367 g/mol. The Hall–Kier alpha value is -1.23. The Bertz CT molecular complexity index is 556. The molecule has 3 rings (SSSR count). The largest absolute Gasteiger partial charge is 0.493 e. The van der Waals surface area contributed by atoms with E-state index in [1.165, 1.54) is 31.2 Å². The van der Waals surface area contributed by atoms with E-state index in [9.17, 15) is 0 Å². The molecular formula is C20H30ClNO3. The van der Waals surface area contributed by atoms with Gasteiger partial charge in [-0.15, -0.1) is 12.4 Å². The Labute approximate surface area is 157 Å². The molecule has 2 atom stereocenters. The highest BCUT2D eigenvalue weighted by molar-refractivity contribution is 5.85. The van der Waals surface area contributed by atoms with Crippen molar-refractivity contribution in [3.8, 4) is 11.5 Å². The van der Waals surface area contributed by atoms with Crippen LogP contribution in [0, 0.1) is 0 Å². The third kappa shape index (κ3) is 5.13. The molecule has 0 bridgehead atoms. The van der Waals surface area contributed by atoms with Gasteiger partial charge < -0.3 is 14.2 Å². The first-order valence-electron chi connectivity index (χ1n) is 9.03. The molecule has 0 aromatic heterocycles. The van der Waals surface area contributed by atoms with Crippen molar-refractivity contribution in [1.29, 1.82) is 0 Å². The van der Waals surface area contributed by atoms with Crippen LogP contribution in [0.1, 0.15) is 31.2 Å². The second-order valence-corrected chi connectivity index (χ2v) is 6.63. The lowest BCUT2D eigenvalue weighted by atomic mass is 9.91. The van der Waals surface area contributed by atoms with Gasteiger partial charge in [-0.3, -0.25) is 4.90 Å². The number of hydrogen-bond acceptors (Lipinski definition) is 4. The van der Waals surface area contributed by atoms with E-state index in [2.05, 4.69) is 23.1 Å². The Morgan fingerprint density at radius 2 is 1.72 bits per heavy atom. The van der Waals surface area contributed by atoms with Gasteiger partial charge in [0.25, 0.3) is 0 Å². The zero-order chi connectivity index (χ0) is 16.8. The van der Waals surface area contributed by atoms with Crippen molar-refractivity contribution in [2.24, 2.45) is 0 Å². The van der Waals surface area contributed by atoms with Crippen LogP contribution < -0.4 is 9.47 Å². The standard InChI is InChI=1S/C20H29NO3.ClH/c1-22-19-10-9-16(15-20(19)23-2)11-14-24-18-8-4-3-7-17(18)21-12-5-6-13-21;/h5-6,9-10,15,17-18H,3-4,7-8,11-14H2,1-2H3;1H/t17-,18?;/m1./s1. The maximum Gasteiger partial charge on any atom is 0.160 e. The van der Waals surface area contributed by atoms with Crippen LogP contribution in [0.5, 0.6) is 11.5 Å². The lowest BCUT2D eigenvalue weighted by molar-refractivity contribution is -0.0276. The molecule has 1 heterocycles. The predicted molar refractivity (Wildman–Crippen MR) is 103 cm³/mol. The number of rotatable bonds is 7. The Morgan fingerprint density at radius 1 is 1.00 bits per heavy atom. The third-order valence-electron chi connectivity index (χ3n) is 5.15. The minimum Gasteiger partial charge on any atom is -0.493 e. The molecule has 1 unspecified atom stereocenters. The number of halogens is 1. The molecular weight excluding hydrogens is 338 g/mol. The second-order valence-electron chi connectivity index (χ2n) is 6.63. The summed E-state index contributed by atoms with van der Waals surface area (Å²) in [5.74, 6) is 1.56. The summed E-state index contributed by atoms with van der Waals surface area (Å²) in [6, 6.07) is 6.69. The van der Waals surface area contributed by atoms with Gasteiger partial charge in [-0.25, -0.2) is 0 Å². The predicted octanol–water partition coefficient (Wildman–Crippen LogP) is 3.87. The van der Waals surface area contributed by atoms with E-state index in [0.29, 0.717) is 12.1 Å². The van der Waals surface area contributed by atoms with Crippen molar-refractivity contribution in [2.75, 3.05) is 33.9 Å². The van der Waals surface area contributed by atoms with Crippen LogP contribution in [0.3, 0.4) is 0 Å². The van der Waals surface area contributed by atoms with Crippen LogP contribution in [0.4, 0.5) is 0 Å². The number of nitrogens with zero attached hydrogens (tertiary/aromatic N) is 1. The van der Waals surface area contributed by atoms with E-state index >= 15 is 0 Å². The molecule has 4 nitrogen and oxygen atoms in total. The quantitative estimate of drug-likeness (QED) is 0.684. The van der Waals surface area contributed by atoms with Gasteiger partial charge in [-0.1, -0.05) is 31.1 Å².